The second kappa shape index (κ2) is 6.87. The number of hydrogen-bond acceptors (Lipinski definition) is 5. The molecule has 0 saturated heterocycles. The van der Waals surface area contributed by atoms with E-state index in [2.05, 4.69) is 0 Å². The number of hydrogen-bond donors (Lipinski definition) is 0. The minimum absolute atomic E-state index is 0.0521. The maximum absolute atomic E-state index is 13.0. The molecule has 3 rings (SSSR count). The number of ketones is 1. The maximum atomic E-state index is 13.0. The lowest BCUT2D eigenvalue weighted by Crippen LogP contribution is -2.42. The van der Waals surface area contributed by atoms with Crippen LogP contribution in [0.25, 0.3) is 0 Å². The second-order valence-electron chi connectivity index (χ2n) is 5.73. The Balaban J connectivity index is 1.95. The summed E-state index contributed by atoms with van der Waals surface area (Å²) in [6.45, 7) is 0.978. The number of amides is 1. The van der Waals surface area contributed by atoms with Crippen LogP contribution in [0, 0.1) is 5.82 Å². The van der Waals surface area contributed by atoms with Crippen LogP contribution >= 0.6 is 0 Å². The Morgan fingerprint density at radius 1 is 1.19 bits per heavy atom. The van der Waals surface area contributed by atoms with Crippen LogP contribution in [-0.2, 0) is 14.6 Å². The van der Waals surface area contributed by atoms with Crippen molar-refractivity contribution >= 4 is 27.2 Å². The molecular formula is C18H16FNO5S. The Labute approximate surface area is 150 Å². The van der Waals surface area contributed by atoms with Gasteiger partial charge in [-0.1, -0.05) is 6.92 Å². The van der Waals surface area contributed by atoms with Gasteiger partial charge in [0.2, 0.25) is 0 Å². The molecule has 0 fully saturated rings. The summed E-state index contributed by atoms with van der Waals surface area (Å²) >= 11 is 0. The maximum Gasteiger partial charge on any atom is 0.265 e. The van der Waals surface area contributed by atoms with Crippen LogP contribution in [0.2, 0.25) is 0 Å². The van der Waals surface area contributed by atoms with E-state index in [0.717, 1.165) is 12.1 Å². The number of carbonyl (C=O) groups is 2. The van der Waals surface area contributed by atoms with Crippen molar-refractivity contribution in [3.05, 3.63) is 53.8 Å². The highest BCUT2D eigenvalue weighted by Gasteiger charge is 2.29. The zero-order valence-electron chi connectivity index (χ0n) is 13.9. The molecule has 0 N–H and O–H groups in total. The van der Waals surface area contributed by atoms with Crippen molar-refractivity contribution in [3.8, 4) is 5.75 Å². The Hall–Kier alpha value is -2.74. The standard InChI is InChI=1S/C18H16FNO5S/c1-2-26(23,24)14-7-8-17-15(9-14)20(18(22)11-25-17)10-16(21)12-3-5-13(19)6-4-12/h3-9H,2,10-11H2,1H3. The van der Waals surface area contributed by atoms with E-state index < -0.39 is 27.3 Å². The van der Waals surface area contributed by atoms with Gasteiger partial charge in [-0.2, -0.15) is 0 Å². The molecule has 1 heterocycles. The predicted molar refractivity (Wildman–Crippen MR) is 92.7 cm³/mol. The van der Waals surface area contributed by atoms with Gasteiger partial charge in [0.1, 0.15) is 11.6 Å². The predicted octanol–water partition coefficient (Wildman–Crippen LogP) is 2.23. The summed E-state index contributed by atoms with van der Waals surface area (Å²) < 4.78 is 42.5. The van der Waals surface area contributed by atoms with Crippen LogP contribution in [0.1, 0.15) is 17.3 Å². The second-order valence-corrected chi connectivity index (χ2v) is 8.01. The summed E-state index contributed by atoms with van der Waals surface area (Å²) in [5, 5.41) is 0. The van der Waals surface area contributed by atoms with E-state index in [4.69, 9.17) is 4.74 Å². The lowest BCUT2D eigenvalue weighted by molar-refractivity contribution is -0.121. The van der Waals surface area contributed by atoms with Crippen LogP contribution in [-0.4, -0.2) is 39.0 Å². The van der Waals surface area contributed by atoms with Gasteiger partial charge < -0.3 is 4.74 Å². The molecule has 0 atom stereocenters. The van der Waals surface area contributed by atoms with E-state index in [-0.39, 0.29) is 35.1 Å². The number of anilines is 1. The normalized spacial score (nSPS) is 13.9. The highest BCUT2D eigenvalue weighted by atomic mass is 32.2. The molecule has 1 aliphatic rings. The van der Waals surface area contributed by atoms with Crippen molar-refractivity contribution in [1.29, 1.82) is 0 Å². The molecule has 26 heavy (non-hydrogen) atoms. The zero-order chi connectivity index (χ0) is 18.9. The van der Waals surface area contributed by atoms with Gasteiger partial charge in [-0.05, 0) is 42.5 Å². The minimum Gasteiger partial charge on any atom is -0.482 e. The van der Waals surface area contributed by atoms with Gasteiger partial charge in [0, 0.05) is 5.56 Å². The van der Waals surface area contributed by atoms with E-state index in [1.807, 2.05) is 0 Å². The number of sulfone groups is 1. The molecule has 6 nitrogen and oxygen atoms in total. The monoisotopic (exact) mass is 377 g/mol. The lowest BCUT2D eigenvalue weighted by Gasteiger charge is -2.29. The van der Waals surface area contributed by atoms with Crippen molar-refractivity contribution in [2.75, 3.05) is 23.8 Å². The van der Waals surface area contributed by atoms with E-state index in [9.17, 15) is 22.4 Å². The first-order chi connectivity index (χ1) is 12.3. The quantitative estimate of drug-likeness (QED) is 0.747. The molecule has 0 bridgehead atoms. The number of nitrogens with zero attached hydrogens (tertiary/aromatic N) is 1. The fraction of sp³-hybridized carbons (Fsp3) is 0.222. The van der Waals surface area contributed by atoms with Gasteiger partial charge in [-0.15, -0.1) is 0 Å². The summed E-state index contributed by atoms with van der Waals surface area (Å²) in [6, 6.07) is 9.21. The Morgan fingerprint density at radius 3 is 2.54 bits per heavy atom. The molecule has 2 aromatic carbocycles. The average Bonchev–Trinajstić information content (AvgIpc) is 2.64. The van der Waals surface area contributed by atoms with Crippen LogP contribution < -0.4 is 9.64 Å². The lowest BCUT2D eigenvalue weighted by atomic mass is 10.1. The molecule has 0 unspecified atom stereocenters. The van der Waals surface area contributed by atoms with Gasteiger partial charge in [0.05, 0.1) is 22.9 Å². The number of benzene rings is 2. The fourth-order valence-electron chi connectivity index (χ4n) is 2.59. The summed E-state index contributed by atoms with van der Waals surface area (Å²) in [4.78, 5) is 25.9. The zero-order valence-corrected chi connectivity index (χ0v) is 14.8. The molecule has 2 aromatic rings. The molecule has 0 spiro atoms. The topological polar surface area (TPSA) is 80.8 Å². The third-order valence-corrected chi connectivity index (χ3v) is 5.81. The number of Topliss-reactive ketones (excluding diaryl/α,β-unsaturated/α-hetero) is 1. The number of rotatable bonds is 5. The van der Waals surface area contributed by atoms with Crippen molar-refractivity contribution in [1.82, 2.24) is 0 Å². The summed E-state index contributed by atoms with van der Waals surface area (Å²) in [5.41, 5.74) is 0.482. The molecule has 136 valence electrons. The number of carbonyl (C=O) groups excluding carboxylic acids is 2. The largest absolute Gasteiger partial charge is 0.482 e. The molecule has 8 heteroatoms. The minimum atomic E-state index is -3.48. The summed E-state index contributed by atoms with van der Waals surface area (Å²) in [5.74, 6) is -1.08. The summed E-state index contributed by atoms with van der Waals surface area (Å²) in [7, 11) is -3.48. The van der Waals surface area contributed by atoms with Crippen molar-refractivity contribution < 1.29 is 27.1 Å². The van der Waals surface area contributed by atoms with Gasteiger partial charge >= 0.3 is 0 Å². The number of halogens is 1. The van der Waals surface area contributed by atoms with E-state index >= 15 is 0 Å². The van der Waals surface area contributed by atoms with Crippen LogP contribution in [0.15, 0.2) is 47.4 Å². The van der Waals surface area contributed by atoms with Crippen LogP contribution in [0.4, 0.5) is 10.1 Å². The fourth-order valence-corrected chi connectivity index (χ4v) is 3.49. The van der Waals surface area contributed by atoms with E-state index in [1.54, 1.807) is 0 Å². The molecule has 0 radical (unpaired) electrons. The van der Waals surface area contributed by atoms with Crippen molar-refractivity contribution in [2.24, 2.45) is 0 Å². The Morgan fingerprint density at radius 2 is 1.88 bits per heavy atom. The first-order valence-corrected chi connectivity index (χ1v) is 9.56. The number of fused-ring (bicyclic) bond motifs is 1. The highest BCUT2D eigenvalue weighted by molar-refractivity contribution is 7.91. The van der Waals surface area contributed by atoms with Crippen LogP contribution in [0.3, 0.4) is 0 Å². The molecular weight excluding hydrogens is 361 g/mol. The molecule has 0 aliphatic carbocycles. The number of ether oxygens (including phenoxy) is 1. The van der Waals surface area contributed by atoms with E-state index in [0.29, 0.717) is 5.75 Å². The van der Waals surface area contributed by atoms with Gasteiger partial charge in [0.15, 0.2) is 22.2 Å². The summed E-state index contributed by atoms with van der Waals surface area (Å²) in [6.07, 6.45) is 0. The first-order valence-electron chi connectivity index (χ1n) is 7.90. The van der Waals surface area contributed by atoms with Crippen molar-refractivity contribution in [2.45, 2.75) is 11.8 Å². The van der Waals surface area contributed by atoms with Gasteiger partial charge in [-0.3, -0.25) is 14.5 Å². The molecule has 0 aromatic heterocycles. The third-order valence-electron chi connectivity index (χ3n) is 4.08. The van der Waals surface area contributed by atoms with Gasteiger partial charge in [0.25, 0.3) is 5.91 Å². The van der Waals surface area contributed by atoms with E-state index in [1.165, 1.54) is 42.2 Å². The van der Waals surface area contributed by atoms with Crippen LogP contribution in [0.5, 0.6) is 5.75 Å². The molecule has 1 aliphatic heterocycles. The first kappa shape index (κ1) is 18.1. The van der Waals surface area contributed by atoms with Gasteiger partial charge in [-0.25, -0.2) is 12.8 Å². The average molecular weight is 377 g/mol. The smallest absolute Gasteiger partial charge is 0.265 e. The molecule has 1 amide bonds. The SMILES string of the molecule is CCS(=O)(=O)c1ccc2c(c1)N(CC(=O)c1ccc(F)cc1)C(=O)CO2. The molecule has 0 saturated carbocycles. The third kappa shape index (κ3) is 3.45. The Bertz CT molecular complexity index is 970. The highest BCUT2D eigenvalue weighted by Crippen LogP contribution is 2.34. The Kier molecular flexibility index (Phi) is 4.78. The van der Waals surface area contributed by atoms with Crippen molar-refractivity contribution in [3.63, 3.8) is 0 Å².